The number of anilines is 1. The van der Waals surface area contributed by atoms with Crippen LogP contribution in [0.3, 0.4) is 0 Å². The molecule has 3 rings (SSSR count). The van der Waals surface area contributed by atoms with Gasteiger partial charge in [0.15, 0.2) is 5.13 Å². The monoisotopic (exact) mass is 308 g/mol. The largest absolute Gasteiger partial charge is 0.354 e. The molecule has 21 heavy (non-hydrogen) atoms. The van der Waals surface area contributed by atoms with E-state index in [1.54, 1.807) is 11.3 Å². The highest BCUT2D eigenvalue weighted by Crippen LogP contribution is 2.27. The Kier molecular flexibility index (Phi) is 4.45. The van der Waals surface area contributed by atoms with Gasteiger partial charge in [0.1, 0.15) is 0 Å². The van der Waals surface area contributed by atoms with Crippen molar-refractivity contribution in [2.24, 2.45) is 5.73 Å². The van der Waals surface area contributed by atoms with E-state index >= 15 is 0 Å². The number of aromatic nitrogens is 1. The number of nitrogens with two attached hydrogens (primary N) is 1. The van der Waals surface area contributed by atoms with E-state index in [0.29, 0.717) is 6.54 Å². The van der Waals surface area contributed by atoms with Crippen LogP contribution in [0.15, 0.2) is 5.38 Å². The summed E-state index contributed by atoms with van der Waals surface area (Å²) in [5.74, 6) is 0.00926. The second kappa shape index (κ2) is 6.32. The molecule has 1 saturated heterocycles. The van der Waals surface area contributed by atoms with Crippen LogP contribution in [0.25, 0.3) is 0 Å². The molecule has 0 aromatic carbocycles. The zero-order chi connectivity index (χ0) is 14.7. The summed E-state index contributed by atoms with van der Waals surface area (Å²) in [4.78, 5) is 19.1. The van der Waals surface area contributed by atoms with Gasteiger partial charge in [0.05, 0.1) is 11.2 Å². The van der Waals surface area contributed by atoms with Crippen LogP contribution in [0, 0.1) is 0 Å². The van der Waals surface area contributed by atoms with Crippen molar-refractivity contribution in [3.8, 4) is 0 Å². The fourth-order valence-electron chi connectivity index (χ4n) is 3.18. The van der Waals surface area contributed by atoms with Crippen LogP contribution in [0.2, 0.25) is 0 Å². The molecule has 1 amide bonds. The Morgan fingerprint density at radius 3 is 2.76 bits per heavy atom. The van der Waals surface area contributed by atoms with Crippen LogP contribution in [-0.4, -0.2) is 36.1 Å². The fraction of sp³-hybridized carbons (Fsp3) is 0.733. The first-order valence-electron chi connectivity index (χ1n) is 7.94. The van der Waals surface area contributed by atoms with E-state index in [1.807, 2.05) is 0 Å². The minimum Gasteiger partial charge on any atom is -0.354 e. The van der Waals surface area contributed by atoms with Gasteiger partial charge in [0, 0.05) is 31.4 Å². The Hall–Kier alpha value is -1.14. The van der Waals surface area contributed by atoms with Crippen LogP contribution in [0.1, 0.15) is 44.2 Å². The average molecular weight is 308 g/mol. The third-order valence-corrected chi connectivity index (χ3v) is 5.48. The molecule has 0 bridgehead atoms. The summed E-state index contributed by atoms with van der Waals surface area (Å²) in [7, 11) is 0. The molecule has 1 aliphatic carbocycles. The normalized spacial score (nSPS) is 20.9. The summed E-state index contributed by atoms with van der Waals surface area (Å²) in [6, 6.07) is 0. The molecule has 2 aliphatic rings. The number of carbonyl (C=O) groups is 1. The van der Waals surface area contributed by atoms with Gasteiger partial charge < -0.3 is 16.0 Å². The van der Waals surface area contributed by atoms with Crippen LogP contribution in [0.5, 0.6) is 0 Å². The van der Waals surface area contributed by atoms with Crippen LogP contribution in [-0.2, 0) is 11.2 Å². The lowest BCUT2D eigenvalue weighted by Crippen LogP contribution is -2.52. The molecule has 1 aromatic heterocycles. The van der Waals surface area contributed by atoms with Crippen molar-refractivity contribution in [2.45, 2.75) is 50.5 Å². The standard InChI is InChI=1S/C15H24N4OS/c16-15(6-1-2-7-15)13(20)17-8-5-12-11-21-14(18-12)19-9-3-4-10-19/h11H,1-10,16H2,(H,17,20). The molecule has 5 nitrogen and oxygen atoms in total. The van der Waals surface area contributed by atoms with Crippen LogP contribution in [0.4, 0.5) is 5.13 Å². The molecular formula is C15H24N4OS. The van der Waals surface area contributed by atoms with E-state index in [9.17, 15) is 4.79 Å². The van der Waals surface area contributed by atoms with Crippen molar-refractivity contribution >= 4 is 22.4 Å². The number of hydrogen-bond acceptors (Lipinski definition) is 5. The summed E-state index contributed by atoms with van der Waals surface area (Å²) in [5, 5.41) is 6.21. The van der Waals surface area contributed by atoms with Crippen molar-refractivity contribution in [1.82, 2.24) is 10.3 Å². The molecule has 1 aliphatic heterocycles. The van der Waals surface area contributed by atoms with Gasteiger partial charge in [-0.2, -0.15) is 0 Å². The molecule has 1 saturated carbocycles. The smallest absolute Gasteiger partial charge is 0.240 e. The molecule has 0 atom stereocenters. The van der Waals surface area contributed by atoms with E-state index in [-0.39, 0.29) is 5.91 Å². The minimum atomic E-state index is -0.622. The number of nitrogens with zero attached hydrogens (tertiary/aromatic N) is 2. The first-order chi connectivity index (χ1) is 10.2. The van der Waals surface area contributed by atoms with Crippen molar-refractivity contribution in [3.05, 3.63) is 11.1 Å². The SMILES string of the molecule is NC1(C(=O)NCCc2csc(N3CCCC3)n2)CCCC1. The second-order valence-electron chi connectivity index (χ2n) is 6.18. The zero-order valence-electron chi connectivity index (χ0n) is 12.4. The maximum Gasteiger partial charge on any atom is 0.240 e. The first-order valence-corrected chi connectivity index (χ1v) is 8.82. The van der Waals surface area contributed by atoms with Crippen molar-refractivity contribution in [2.75, 3.05) is 24.5 Å². The maximum atomic E-state index is 12.1. The number of nitrogens with one attached hydrogen (secondary N) is 1. The van der Waals surface area contributed by atoms with Crippen molar-refractivity contribution < 1.29 is 4.79 Å². The van der Waals surface area contributed by atoms with Crippen molar-refractivity contribution in [1.29, 1.82) is 0 Å². The van der Waals surface area contributed by atoms with E-state index in [2.05, 4.69) is 20.6 Å². The molecule has 1 aromatic rings. The Labute approximate surface area is 129 Å². The summed E-state index contributed by atoms with van der Waals surface area (Å²) in [6.07, 6.45) is 7.08. The molecule has 0 radical (unpaired) electrons. The fourth-order valence-corrected chi connectivity index (χ4v) is 4.09. The number of carbonyl (C=O) groups excluding carboxylic acids is 1. The lowest BCUT2D eigenvalue weighted by molar-refractivity contribution is -0.126. The highest BCUT2D eigenvalue weighted by Gasteiger charge is 2.36. The summed E-state index contributed by atoms with van der Waals surface area (Å²) < 4.78 is 0. The molecule has 0 unspecified atom stereocenters. The van der Waals surface area contributed by atoms with Crippen LogP contribution < -0.4 is 16.0 Å². The predicted molar refractivity (Wildman–Crippen MR) is 85.7 cm³/mol. The molecule has 2 fully saturated rings. The van der Waals surface area contributed by atoms with E-state index in [4.69, 9.17) is 5.73 Å². The Balaban J connectivity index is 1.46. The zero-order valence-corrected chi connectivity index (χ0v) is 13.3. The topological polar surface area (TPSA) is 71.2 Å². The van der Waals surface area contributed by atoms with Gasteiger partial charge in [0.25, 0.3) is 0 Å². The van der Waals surface area contributed by atoms with Gasteiger partial charge in [-0.3, -0.25) is 4.79 Å². The van der Waals surface area contributed by atoms with E-state index in [1.165, 1.54) is 12.8 Å². The average Bonchev–Trinajstić information content (AvgIpc) is 3.19. The summed E-state index contributed by atoms with van der Waals surface area (Å²) >= 11 is 1.71. The summed E-state index contributed by atoms with van der Waals surface area (Å²) in [5.41, 5.74) is 6.58. The van der Waals surface area contributed by atoms with Gasteiger partial charge in [-0.05, 0) is 25.7 Å². The Morgan fingerprint density at radius 1 is 1.33 bits per heavy atom. The van der Waals surface area contributed by atoms with Gasteiger partial charge >= 0.3 is 0 Å². The maximum absolute atomic E-state index is 12.1. The number of hydrogen-bond donors (Lipinski definition) is 2. The van der Waals surface area contributed by atoms with Gasteiger partial charge in [-0.15, -0.1) is 11.3 Å². The minimum absolute atomic E-state index is 0.00926. The van der Waals surface area contributed by atoms with Crippen LogP contribution >= 0.6 is 11.3 Å². The molecule has 6 heteroatoms. The van der Waals surface area contributed by atoms with Gasteiger partial charge in [-0.25, -0.2) is 4.98 Å². The lowest BCUT2D eigenvalue weighted by atomic mass is 9.98. The summed E-state index contributed by atoms with van der Waals surface area (Å²) in [6.45, 7) is 2.87. The Bertz CT molecular complexity index is 490. The Morgan fingerprint density at radius 2 is 2.05 bits per heavy atom. The number of rotatable bonds is 5. The molecule has 3 N–H and O–H groups in total. The predicted octanol–water partition coefficient (Wildman–Crippen LogP) is 1.67. The second-order valence-corrected chi connectivity index (χ2v) is 7.02. The van der Waals surface area contributed by atoms with E-state index in [0.717, 1.165) is 56.0 Å². The third kappa shape index (κ3) is 3.37. The van der Waals surface area contributed by atoms with Gasteiger partial charge in [-0.1, -0.05) is 12.8 Å². The molecule has 2 heterocycles. The number of thiazole rings is 1. The number of amides is 1. The van der Waals surface area contributed by atoms with E-state index < -0.39 is 5.54 Å². The third-order valence-electron chi connectivity index (χ3n) is 4.53. The molecular weight excluding hydrogens is 284 g/mol. The molecule has 0 spiro atoms. The highest BCUT2D eigenvalue weighted by atomic mass is 32.1. The first kappa shape index (κ1) is 14.8. The molecule has 116 valence electrons. The van der Waals surface area contributed by atoms with Crippen molar-refractivity contribution in [3.63, 3.8) is 0 Å². The van der Waals surface area contributed by atoms with Gasteiger partial charge in [0.2, 0.25) is 5.91 Å². The quantitative estimate of drug-likeness (QED) is 0.868. The lowest BCUT2D eigenvalue weighted by Gasteiger charge is -2.22. The highest BCUT2D eigenvalue weighted by molar-refractivity contribution is 7.13.